The van der Waals surface area contributed by atoms with E-state index in [2.05, 4.69) is 12.2 Å². The van der Waals surface area contributed by atoms with Crippen molar-refractivity contribution in [1.82, 2.24) is 5.32 Å². The Hall–Kier alpha value is -0.900. The normalized spacial score (nSPS) is 19.1. The number of imide groups is 1. The Balaban J connectivity index is 1.85. The predicted molar refractivity (Wildman–Crippen MR) is 107 cm³/mol. The molecule has 152 valence electrons. The summed E-state index contributed by atoms with van der Waals surface area (Å²) in [5, 5.41) is 2.36. The lowest BCUT2D eigenvalue weighted by Crippen LogP contribution is -2.35. The van der Waals surface area contributed by atoms with E-state index in [0.29, 0.717) is 6.61 Å². The zero-order valence-electron chi connectivity index (χ0n) is 17.4. The molecule has 1 rings (SSSR count). The first-order chi connectivity index (χ1) is 12.5. The molecule has 1 aliphatic heterocycles. The average Bonchev–Trinajstić information content (AvgIpc) is 2.79. The maximum atomic E-state index is 11.7. The first kappa shape index (κ1) is 23.1. The molecule has 0 aromatic carbocycles. The highest BCUT2D eigenvalue weighted by molar-refractivity contribution is 6.08. The van der Waals surface area contributed by atoms with Crippen molar-refractivity contribution < 1.29 is 14.3 Å². The first-order valence-electron chi connectivity index (χ1n) is 11.0. The van der Waals surface area contributed by atoms with Crippen LogP contribution in [0.3, 0.4) is 0 Å². The standard InChI is InChI=1S/C22H41NO3/c1-4-5-6-7-8-9-10-11-12-13-14-15-16-17-18-26-19-20(24)23-21(25)22(19,2)3/h19H,4-18H2,1-3H3,(H,23,24,25). The van der Waals surface area contributed by atoms with E-state index in [9.17, 15) is 9.59 Å². The molecule has 1 N–H and O–H groups in total. The topological polar surface area (TPSA) is 55.4 Å². The maximum absolute atomic E-state index is 11.7. The lowest BCUT2D eigenvalue weighted by atomic mass is 9.89. The van der Waals surface area contributed by atoms with Gasteiger partial charge < -0.3 is 4.74 Å². The van der Waals surface area contributed by atoms with Crippen molar-refractivity contribution in [3.05, 3.63) is 0 Å². The van der Waals surface area contributed by atoms with Crippen LogP contribution in [0, 0.1) is 5.41 Å². The lowest BCUT2D eigenvalue weighted by molar-refractivity contribution is -0.134. The van der Waals surface area contributed by atoms with Gasteiger partial charge in [-0.25, -0.2) is 0 Å². The number of amides is 2. The summed E-state index contributed by atoms with van der Waals surface area (Å²) < 4.78 is 5.68. The van der Waals surface area contributed by atoms with Gasteiger partial charge in [-0.3, -0.25) is 14.9 Å². The van der Waals surface area contributed by atoms with Gasteiger partial charge >= 0.3 is 0 Å². The molecular weight excluding hydrogens is 326 g/mol. The van der Waals surface area contributed by atoms with Gasteiger partial charge in [-0.1, -0.05) is 90.4 Å². The van der Waals surface area contributed by atoms with Crippen LogP contribution in [0.2, 0.25) is 0 Å². The van der Waals surface area contributed by atoms with Crippen molar-refractivity contribution in [2.24, 2.45) is 5.41 Å². The third kappa shape index (κ3) is 8.66. The van der Waals surface area contributed by atoms with E-state index in [0.717, 1.165) is 12.8 Å². The molecule has 2 amide bonds. The molecule has 0 bridgehead atoms. The molecule has 1 atom stereocenters. The smallest absolute Gasteiger partial charge is 0.256 e. The fourth-order valence-corrected chi connectivity index (χ4v) is 3.57. The summed E-state index contributed by atoms with van der Waals surface area (Å²) >= 11 is 0. The molecule has 1 aliphatic rings. The molecule has 0 aromatic rings. The third-order valence-electron chi connectivity index (χ3n) is 5.50. The fourth-order valence-electron chi connectivity index (χ4n) is 3.57. The van der Waals surface area contributed by atoms with Crippen molar-refractivity contribution in [1.29, 1.82) is 0 Å². The lowest BCUT2D eigenvalue weighted by Gasteiger charge is -2.21. The molecular formula is C22H41NO3. The minimum absolute atomic E-state index is 0.228. The summed E-state index contributed by atoms with van der Waals surface area (Å²) in [6, 6.07) is 0. The molecule has 0 aliphatic carbocycles. The van der Waals surface area contributed by atoms with Crippen molar-refractivity contribution in [3.63, 3.8) is 0 Å². The Morgan fingerprint density at radius 3 is 1.58 bits per heavy atom. The van der Waals surface area contributed by atoms with E-state index in [4.69, 9.17) is 4.74 Å². The largest absolute Gasteiger partial charge is 0.367 e. The molecule has 1 heterocycles. The van der Waals surface area contributed by atoms with E-state index in [-0.39, 0.29) is 11.8 Å². The summed E-state index contributed by atoms with van der Waals surface area (Å²) in [6.45, 7) is 6.36. The number of nitrogens with one attached hydrogen (secondary N) is 1. The highest BCUT2D eigenvalue weighted by Gasteiger charge is 2.49. The highest BCUT2D eigenvalue weighted by atomic mass is 16.5. The number of rotatable bonds is 16. The van der Waals surface area contributed by atoms with Gasteiger partial charge in [0.2, 0.25) is 5.91 Å². The highest BCUT2D eigenvalue weighted by Crippen LogP contribution is 2.29. The van der Waals surface area contributed by atoms with Gasteiger partial charge in [-0.05, 0) is 20.3 Å². The van der Waals surface area contributed by atoms with Gasteiger partial charge in [0.05, 0.1) is 5.41 Å². The van der Waals surface area contributed by atoms with Crippen LogP contribution in [-0.4, -0.2) is 24.5 Å². The van der Waals surface area contributed by atoms with Crippen LogP contribution in [-0.2, 0) is 14.3 Å². The Bertz CT molecular complexity index is 406. The van der Waals surface area contributed by atoms with Crippen LogP contribution < -0.4 is 5.32 Å². The van der Waals surface area contributed by atoms with E-state index in [1.807, 2.05) is 0 Å². The Morgan fingerprint density at radius 2 is 1.19 bits per heavy atom. The molecule has 0 radical (unpaired) electrons. The molecule has 0 spiro atoms. The molecule has 1 fully saturated rings. The van der Waals surface area contributed by atoms with Crippen LogP contribution in [0.25, 0.3) is 0 Å². The molecule has 4 heteroatoms. The summed E-state index contributed by atoms with van der Waals surface area (Å²) in [5.74, 6) is -0.515. The minimum atomic E-state index is -0.743. The number of hydrogen-bond donors (Lipinski definition) is 1. The maximum Gasteiger partial charge on any atom is 0.256 e. The van der Waals surface area contributed by atoms with E-state index in [1.165, 1.54) is 77.0 Å². The third-order valence-corrected chi connectivity index (χ3v) is 5.50. The fraction of sp³-hybridized carbons (Fsp3) is 0.909. The van der Waals surface area contributed by atoms with Gasteiger partial charge in [-0.15, -0.1) is 0 Å². The quantitative estimate of drug-likeness (QED) is 0.288. The van der Waals surface area contributed by atoms with E-state index in [1.54, 1.807) is 13.8 Å². The summed E-state index contributed by atoms with van der Waals surface area (Å²) in [4.78, 5) is 23.4. The number of carbonyl (C=O) groups excluding carboxylic acids is 2. The van der Waals surface area contributed by atoms with Gasteiger partial charge in [0.15, 0.2) is 6.10 Å². The van der Waals surface area contributed by atoms with Crippen molar-refractivity contribution in [2.75, 3.05) is 6.61 Å². The monoisotopic (exact) mass is 367 g/mol. The summed E-state index contributed by atoms with van der Waals surface area (Å²) in [7, 11) is 0. The second-order valence-electron chi connectivity index (χ2n) is 8.39. The van der Waals surface area contributed by atoms with Crippen LogP contribution in [0.15, 0.2) is 0 Å². The second-order valence-corrected chi connectivity index (χ2v) is 8.39. The molecule has 0 aromatic heterocycles. The van der Waals surface area contributed by atoms with Crippen LogP contribution in [0.4, 0.5) is 0 Å². The average molecular weight is 368 g/mol. The Morgan fingerprint density at radius 1 is 0.769 bits per heavy atom. The van der Waals surface area contributed by atoms with E-state index >= 15 is 0 Å². The zero-order valence-corrected chi connectivity index (χ0v) is 17.4. The van der Waals surface area contributed by atoms with Gasteiger partial charge in [0, 0.05) is 6.61 Å². The Labute approximate surface area is 160 Å². The molecule has 0 saturated carbocycles. The summed E-state index contributed by atoms with van der Waals surface area (Å²) in [6.07, 6.45) is 17.9. The second kappa shape index (κ2) is 13.3. The van der Waals surface area contributed by atoms with Gasteiger partial charge in [0.1, 0.15) is 0 Å². The molecule has 26 heavy (non-hydrogen) atoms. The SMILES string of the molecule is CCCCCCCCCCCCCCCCOC1C(=O)NC(=O)C1(C)C. The van der Waals surface area contributed by atoms with E-state index < -0.39 is 11.5 Å². The zero-order chi connectivity index (χ0) is 19.3. The van der Waals surface area contributed by atoms with Crippen molar-refractivity contribution in [2.45, 2.75) is 117 Å². The Kier molecular flexibility index (Phi) is 11.8. The molecule has 1 unspecified atom stereocenters. The molecule has 4 nitrogen and oxygen atoms in total. The van der Waals surface area contributed by atoms with Crippen LogP contribution in [0.5, 0.6) is 0 Å². The van der Waals surface area contributed by atoms with Gasteiger partial charge in [-0.2, -0.15) is 0 Å². The van der Waals surface area contributed by atoms with Crippen LogP contribution in [0.1, 0.15) is 111 Å². The summed E-state index contributed by atoms with van der Waals surface area (Å²) in [5.41, 5.74) is -0.743. The molecule has 1 saturated heterocycles. The first-order valence-corrected chi connectivity index (χ1v) is 11.0. The van der Waals surface area contributed by atoms with Crippen molar-refractivity contribution in [3.8, 4) is 0 Å². The van der Waals surface area contributed by atoms with Gasteiger partial charge in [0.25, 0.3) is 5.91 Å². The number of carbonyl (C=O) groups is 2. The minimum Gasteiger partial charge on any atom is -0.367 e. The predicted octanol–water partition coefficient (Wildman–Crippen LogP) is 5.54. The number of ether oxygens (including phenoxy) is 1. The number of unbranched alkanes of at least 4 members (excludes halogenated alkanes) is 13. The number of hydrogen-bond acceptors (Lipinski definition) is 3. The van der Waals surface area contributed by atoms with Crippen LogP contribution >= 0.6 is 0 Å². The van der Waals surface area contributed by atoms with Crippen molar-refractivity contribution >= 4 is 11.8 Å².